The summed E-state index contributed by atoms with van der Waals surface area (Å²) in [5.41, 5.74) is 1.71. The summed E-state index contributed by atoms with van der Waals surface area (Å²) in [6, 6.07) is 12.4. The Bertz CT molecular complexity index is 1050. The molecule has 0 saturated heterocycles. The van der Waals surface area contributed by atoms with Crippen LogP contribution in [0, 0.1) is 12.7 Å². The zero-order valence-corrected chi connectivity index (χ0v) is 14.9. The van der Waals surface area contributed by atoms with Gasteiger partial charge in [0.1, 0.15) is 5.82 Å². The Morgan fingerprint density at radius 3 is 2.54 bits per heavy atom. The predicted molar refractivity (Wildman–Crippen MR) is 95.2 cm³/mol. The van der Waals surface area contributed by atoms with E-state index in [-0.39, 0.29) is 27.7 Å². The van der Waals surface area contributed by atoms with Crippen LogP contribution in [0.1, 0.15) is 18.4 Å². The number of aryl methyl sites for hydroxylation is 1. The number of nitrogens with one attached hydrogen (secondary N) is 1. The number of hydrogen-bond acceptors (Lipinski definition) is 5. The van der Waals surface area contributed by atoms with Gasteiger partial charge in [-0.3, -0.25) is 0 Å². The lowest BCUT2D eigenvalue weighted by Crippen LogP contribution is -2.08. The first-order valence-electron chi connectivity index (χ1n) is 8.28. The zero-order chi connectivity index (χ0) is 18.3. The average molecular weight is 372 g/mol. The standard InChI is InChI=1S/C19H17FN2O3S/c1-12-3-2-4-13(11-12)17-22-19(18(25-17)21-15-7-8-15)26(23,24)16-9-5-14(20)6-10-16/h2-6,9-11,15,21H,7-8H2,1H3. The van der Waals surface area contributed by atoms with Crippen molar-refractivity contribution in [1.82, 2.24) is 4.98 Å². The molecular weight excluding hydrogens is 355 g/mol. The molecule has 26 heavy (non-hydrogen) atoms. The molecule has 1 aliphatic rings. The monoisotopic (exact) mass is 372 g/mol. The fraction of sp³-hybridized carbons (Fsp3) is 0.211. The molecule has 1 aliphatic carbocycles. The lowest BCUT2D eigenvalue weighted by atomic mass is 10.1. The Labute approximate surface area is 150 Å². The van der Waals surface area contributed by atoms with Crippen molar-refractivity contribution >= 4 is 15.7 Å². The SMILES string of the molecule is Cc1cccc(-c2nc(S(=O)(=O)c3ccc(F)cc3)c(NC3CC3)o2)c1. The minimum atomic E-state index is -3.94. The molecule has 0 spiro atoms. The Kier molecular flexibility index (Phi) is 4.03. The lowest BCUT2D eigenvalue weighted by Gasteiger charge is -2.04. The van der Waals surface area contributed by atoms with Crippen LogP contribution >= 0.6 is 0 Å². The van der Waals surface area contributed by atoms with E-state index in [1.54, 1.807) is 0 Å². The molecule has 0 unspecified atom stereocenters. The lowest BCUT2D eigenvalue weighted by molar-refractivity contribution is 0.576. The van der Waals surface area contributed by atoms with Crippen molar-refractivity contribution in [2.24, 2.45) is 0 Å². The molecule has 1 N–H and O–H groups in total. The summed E-state index contributed by atoms with van der Waals surface area (Å²) in [6.45, 7) is 1.94. The van der Waals surface area contributed by atoms with E-state index >= 15 is 0 Å². The predicted octanol–water partition coefficient (Wildman–Crippen LogP) is 4.20. The van der Waals surface area contributed by atoms with E-state index in [0.29, 0.717) is 5.56 Å². The molecule has 7 heteroatoms. The fourth-order valence-electron chi connectivity index (χ4n) is 2.62. The first kappa shape index (κ1) is 16.8. The third-order valence-corrected chi connectivity index (χ3v) is 5.83. The van der Waals surface area contributed by atoms with Gasteiger partial charge in [-0.1, -0.05) is 17.7 Å². The van der Waals surface area contributed by atoms with Crippen molar-refractivity contribution in [3.05, 3.63) is 59.9 Å². The first-order chi connectivity index (χ1) is 12.4. The van der Waals surface area contributed by atoms with Gasteiger partial charge < -0.3 is 9.73 Å². The molecule has 134 valence electrons. The number of anilines is 1. The molecule has 1 heterocycles. The average Bonchev–Trinajstić information content (AvgIpc) is 3.31. The van der Waals surface area contributed by atoms with Crippen molar-refractivity contribution < 1.29 is 17.2 Å². The fourth-order valence-corrected chi connectivity index (χ4v) is 3.88. The van der Waals surface area contributed by atoms with Gasteiger partial charge in [-0.2, -0.15) is 4.98 Å². The van der Waals surface area contributed by atoms with E-state index in [9.17, 15) is 12.8 Å². The highest BCUT2D eigenvalue weighted by Gasteiger charge is 2.32. The van der Waals surface area contributed by atoms with E-state index in [2.05, 4.69) is 10.3 Å². The maximum Gasteiger partial charge on any atom is 0.234 e. The van der Waals surface area contributed by atoms with Crippen molar-refractivity contribution in [2.75, 3.05) is 5.32 Å². The van der Waals surface area contributed by atoms with Crippen LogP contribution in [0.2, 0.25) is 0 Å². The van der Waals surface area contributed by atoms with Crippen LogP contribution in [0.25, 0.3) is 11.5 Å². The molecule has 5 nitrogen and oxygen atoms in total. The highest BCUT2D eigenvalue weighted by Crippen LogP contribution is 2.35. The van der Waals surface area contributed by atoms with Gasteiger partial charge in [-0.05, 0) is 56.2 Å². The molecule has 0 aliphatic heterocycles. The van der Waals surface area contributed by atoms with Crippen LogP contribution in [0.3, 0.4) is 0 Å². The highest BCUT2D eigenvalue weighted by molar-refractivity contribution is 7.91. The minimum absolute atomic E-state index is 0.0261. The quantitative estimate of drug-likeness (QED) is 0.680. The summed E-state index contributed by atoms with van der Waals surface area (Å²) in [4.78, 5) is 4.24. The topological polar surface area (TPSA) is 72.2 Å². The van der Waals surface area contributed by atoms with Crippen LogP contribution in [0.4, 0.5) is 10.3 Å². The van der Waals surface area contributed by atoms with Crippen molar-refractivity contribution in [3.63, 3.8) is 0 Å². The summed E-state index contributed by atoms with van der Waals surface area (Å²) in [5, 5.41) is 2.92. The second kappa shape index (κ2) is 6.25. The number of oxazole rings is 1. The van der Waals surface area contributed by atoms with E-state index in [0.717, 1.165) is 30.5 Å². The van der Waals surface area contributed by atoms with E-state index in [1.165, 1.54) is 12.1 Å². The van der Waals surface area contributed by atoms with Gasteiger partial charge in [0.25, 0.3) is 0 Å². The second-order valence-electron chi connectivity index (χ2n) is 6.40. The van der Waals surface area contributed by atoms with Gasteiger partial charge in [0.15, 0.2) is 0 Å². The minimum Gasteiger partial charge on any atom is -0.419 e. The molecule has 1 aromatic heterocycles. The smallest absolute Gasteiger partial charge is 0.234 e. The van der Waals surface area contributed by atoms with E-state index < -0.39 is 15.7 Å². The first-order valence-corrected chi connectivity index (χ1v) is 9.77. The van der Waals surface area contributed by atoms with E-state index in [4.69, 9.17) is 4.42 Å². The normalized spacial score (nSPS) is 14.4. The van der Waals surface area contributed by atoms with Crippen LogP contribution in [-0.2, 0) is 9.84 Å². The molecule has 4 rings (SSSR count). The summed E-state index contributed by atoms with van der Waals surface area (Å²) >= 11 is 0. The van der Waals surface area contributed by atoms with Crippen LogP contribution in [-0.4, -0.2) is 19.4 Å². The second-order valence-corrected chi connectivity index (χ2v) is 8.26. The molecule has 0 atom stereocenters. The Morgan fingerprint density at radius 2 is 1.88 bits per heavy atom. The molecule has 0 radical (unpaired) electrons. The third-order valence-electron chi connectivity index (χ3n) is 4.15. The van der Waals surface area contributed by atoms with Crippen LogP contribution in [0.15, 0.2) is 62.9 Å². The molecule has 2 aromatic carbocycles. The molecule has 0 amide bonds. The summed E-state index contributed by atoms with van der Waals surface area (Å²) in [6.07, 6.45) is 1.91. The number of hydrogen-bond donors (Lipinski definition) is 1. The van der Waals surface area contributed by atoms with Gasteiger partial charge in [0.2, 0.25) is 26.6 Å². The van der Waals surface area contributed by atoms with Crippen LogP contribution in [0.5, 0.6) is 0 Å². The van der Waals surface area contributed by atoms with Gasteiger partial charge in [-0.15, -0.1) is 0 Å². The van der Waals surface area contributed by atoms with Gasteiger partial charge in [-0.25, -0.2) is 12.8 Å². The van der Waals surface area contributed by atoms with Crippen molar-refractivity contribution in [3.8, 4) is 11.5 Å². The number of sulfone groups is 1. The number of halogens is 1. The molecule has 3 aromatic rings. The summed E-state index contributed by atoms with van der Waals surface area (Å²) in [7, 11) is -3.94. The maximum absolute atomic E-state index is 13.2. The molecule has 1 saturated carbocycles. The Hall–Kier alpha value is -2.67. The maximum atomic E-state index is 13.2. The largest absolute Gasteiger partial charge is 0.419 e. The number of benzene rings is 2. The van der Waals surface area contributed by atoms with Crippen molar-refractivity contribution in [1.29, 1.82) is 0 Å². The highest BCUT2D eigenvalue weighted by atomic mass is 32.2. The van der Waals surface area contributed by atoms with Gasteiger partial charge in [0.05, 0.1) is 4.90 Å². The molecular formula is C19H17FN2O3S. The number of rotatable bonds is 5. The Balaban J connectivity index is 1.82. The molecule has 0 bridgehead atoms. The molecule has 1 fully saturated rings. The Morgan fingerprint density at radius 1 is 1.15 bits per heavy atom. The van der Waals surface area contributed by atoms with Crippen molar-refractivity contribution in [2.45, 2.75) is 35.7 Å². The summed E-state index contributed by atoms with van der Waals surface area (Å²) < 4.78 is 44.9. The van der Waals surface area contributed by atoms with Crippen LogP contribution < -0.4 is 5.32 Å². The van der Waals surface area contributed by atoms with Gasteiger partial charge >= 0.3 is 0 Å². The van der Waals surface area contributed by atoms with Gasteiger partial charge in [0, 0.05) is 11.6 Å². The summed E-state index contributed by atoms with van der Waals surface area (Å²) in [5.74, 6) is -0.133. The van der Waals surface area contributed by atoms with E-state index in [1.807, 2.05) is 31.2 Å². The number of aromatic nitrogens is 1. The zero-order valence-electron chi connectivity index (χ0n) is 14.1. The number of nitrogens with zero attached hydrogens (tertiary/aromatic N) is 1. The third kappa shape index (κ3) is 3.22.